The van der Waals surface area contributed by atoms with Gasteiger partial charge in [-0.1, -0.05) is 19.1 Å². The summed E-state index contributed by atoms with van der Waals surface area (Å²) in [5.74, 6) is -6.49. The third-order valence-electron chi connectivity index (χ3n) is 6.45. The van der Waals surface area contributed by atoms with Crippen molar-refractivity contribution in [1.82, 2.24) is 9.97 Å². The lowest BCUT2D eigenvalue weighted by Gasteiger charge is -2.12. The van der Waals surface area contributed by atoms with Crippen LogP contribution >= 0.6 is 0 Å². The van der Waals surface area contributed by atoms with E-state index in [0.717, 1.165) is 0 Å². The summed E-state index contributed by atoms with van der Waals surface area (Å²) in [6.07, 6.45) is 2.64. The first-order chi connectivity index (χ1) is 19.8. The third-order valence-corrected chi connectivity index (χ3v) is 9.58. The topological polar surface area (TPSA) is 126 Å². The highest BCUT2D eigenvalue weighted by molar-refractivity contribution is 7.92. The molecule has 0 unspecified atom stereocenters. The molecule has 0 saturated carbocycles. The van der Waals surface area contributed by atoms with Gasteiger partial charge >= 0.3 is 0 Å². The number of hydrogen-bond donors (Lipinski definition) is 2. The van der Waals surface area contributed by atoms with Crippen LogP contribution in [0.15, 0.2) is 82.8 Å². The molecule has 2 aromatic heterocycles. The van der Waals surface area contributed by atoms with Crippen molar-refractivity contribution in [1.29, 1.82) is 0 Å². The molecule has 42 heavy (non-hydrogen) atoms. The molecular formula is C28H19F4N3O5S2. The second-order valence-corrected chi connectivity index (χ2v) is 13.0. The molecule has 8 nitrogen and oxygen atoms in total. The highest BCUT2D eigenvalue weighted by atomic mass is 32.2. The number of halogens is 4. The Balaban J connectivity index is 1.53. The zero-order valence-corrected chi connectivity index (χ0v) is 23.1. The van der Waals surface area contributed by atoms with Crippen molar-refractivity contribution in [2.45, 2.75) is 16.7 Å². The van der Waals surface area contributed by atoms with Gasteiger partial charge in [0.05, 0.1) is 21.9 Å². The van der Waals surface area contributed by atoms with E-state index in [0.29, 0.717) is 41.5 Å². The molecule has 5 aromatic rings. The predicted octanol–water partition coefficient (Wildman–Crippen LogP) is 5.61. The molecule has 0 radical (unpaired) electrons. The van der Waals surface area contributed by atoms with Gasteiger partial charge in [0.15, 0.2) is 15.7 Å². The summed E-state index contributed by atoms with van der Waals surface area (Å²) in [6, 6.07) is 10.5. The fraction of sp³-hybridized carbons (Fsp3) is 0.0714. The average Bonchev–Trinajstić information content (AvgIpc) is 3.39. The highest BCUT2D eigenvalue weighted by Crippen LogP contribution is 2.31. The number of sulfonamides is 1. The number of hydrogen-bond acceptors (Lipinski definition) is 6. The zero-order chi connectivity index (χ0) is 30.4. The van der Waals surface area contributed by atoms with E-state index >= 15 is 4.39 Å². The van der Waals surface area contributed by atoms with Crippen LogP contribution in [0.25, 0.3) is 22.2 Å². The number of nitrogens with one attached hydrogen (secondary N) is 2. The fourth-order valence-electron chi connectivity index (χ4n) is 4.23. The highest BCUT2D eigenvalue weighted by Gasteiger charge is 2.28. The predicted molar refractivity (Wildman–Crippen MR) is 146 cm³/mol. The summed E-state index contributed by atoms with van der Waals surface area (Å²) >= 11 is 0. The molecule has 0 aliphatic heterocycles. The van der Waals surface area contributed by atoms with Gasteiger partial charge in [-0.05, 0) is 54.1 Å². The number of fused-ring (bicyclic) bond motifs is 1. The summed E-state index contributed by atoms with van der Waals surface area (Å²) in [5, 5.41) is 0.175. The van der Waals surface area contributed by atoms with Gasteiger partial charge in [-0.2, -0.15) is 0 Å². The Hall–Kier alpha value is -4.56. The van der Waals surface area contributed by atoms with Crippen molar-refractivity contribution in [2.24, 2.45) is 0 Å². The van der Waals surface area contributed by atoms with Gasteiger partial charge in [0, 0.05) is 28.9 Å². The van der Waals surface area contributed by atoms with Crippen molar-refractivity contribution in [2.75, 3.05) is 10.5 Å². The number of sulfone groups is 1. The Kier molecular flexibility index (Phi) is 7.37. The molecule has 0 amide bonds. The lowest BCUT2D eigenvalue weighted by atomic mass is 10.00. The number of carbonyl (C=O) groups excluding carboxylic acids is 1. The van der Waals surface area contributed by atoms with Crippen LogP contribution in [0.3, 0.4) is 0 Å². The van der Waals surface area contributed by atoms with Crippen molar-refractivity contribution in [3.63, 3.8) is 0 Å². The Bertz CT molecular complexity index is 2100. The molecule has 2 N–H and O–H groups in total. The normalized spacial score (nSPS) is 12.0. The van der Waals surface area contributed by atoms with Gasteiger partial charge < -0.3 is 4.98 Å². The minimum absolute atomic E-state index is 0.0772. The Labute approximate surface area is 237 Å². The van der Waals surface area contributed by atoms with E-state index in [1.54, 1.807) is 16.9 Å². The lowest BCUT2D eigenvalue weighted by molar-refractivity contribution is 0.103. The summed E-state index contributed by atoms with van der Waals surface area (Å²) in [5.41, 5.74) is -0.946. The maximum Gasteiger partial charge on any atom is 0.265 e. The van der Waals surface area contributed by atoms with Crippen LogP contribution in [0.4, 0.5) is 23.2 Å². The number of rotatable bonds is 8. The first-order valence-corrected chi connectivity index (χ1v) is 15.3. The molecule has 2 heterocycles. The molecule has 0 bridgehead atoms. The Morgan fingerprint density at radius 3 is 2.26 bits per heavy atom. The van der Waals surface area contributed by atoms with Gasteiger partial charge in [-0.25, -0.2) is 39.4 Å². The molecule has 14 heteroatoms. The van der Waals surface area contributed by atoms with Crippen LogP contribution in [0.5, 0.6) is 0 Å². The standard InChI is InChI=1S/C28H19F4N3O5S2/c1-2-41(37,38)18-6-3-15(4-7-18)16-11-19-20(14-34-28(19)33-13-16)27(36)25-22(31)9-10-23(26(25)32)35-42(39,40)24-12-17(29)5-8-21(24)30/h3-14,35H,2H2,1H3,(H,33,34). The van der Waals surface area contributed by atoms with Crippen LogP contribution in [0.1, 0.15) is 22.8 Å². The van der Waals surface area contributed by atoms with Crippen LogP contribution < -0.4 is 4.72 Å². The van der Waals surface area contributed by atoms with Gasteiger partial charge in [-0.15, -0.1) is 0 Å². The van der Waals surface area contributed by atoms with Crippen LogP contribution in [0.2, 0.25) is 0 Å². The van der Waals surface area contributed by atoms with E-state index in [1.807, 2.05) is 0 Å². The van der Waals surface area contributed by atoms with E-state index < -0.39 is 65.1 Å². The molecule has 216 valence electrons. The summed E-state index contributed by atoms with van der Waals surface area (Å²) < 4.78 is 109. The molecule has 0 spiro atoms. The van der Waals surface area contributed by atoms with E-state index in [4.69, 9.17) is 0 Å². The number of anilines is 1. The average molecular weight is 618 g/mol. The summed E-state index contributed by atoms with van der Waals surface area (Å²) in [4.78, 5) is 19.4. The quantitative estimate of drug-likeness (QED) is 0.172. The van der Waals surface area contributed by atoms with E-state index in [2.05, 4.69) is 9.97 Å². The van der Waals surface area contributed by atoms with Gasteiger partial charge in [0.1, 0.15) is 28.0 Å². The molecule has 5 rings (SSSR count). The Morgan fingerprint density at radius 2 is 1.57 bits per heavy atom. The molecule has 0 aliphatic carbocycles. The number of aromatic amines is 1. The number of H-pyrrole nitrogens is 1. The van der Waals surface area contributed by atoms with Crippen molar-refractivity contribution in [3.05, 3.63) is 107 Å². The maximum atomic E-state index is 15.5. The van der Waals surface area contributed by atoms with E-state index in [1.165, 1.54) is 37.5 Å². The molecule has 0 saturated heterocycles. The maximum absolute atomic E-state index is 15.5. The number of aromatic nitrogens is 2. The Morgan fingerprint density at radius 1 is 0.881 bits per heavy atom. The van der Waals surface area contributed by atoms with Gasteiger partial charge in [-0.3, -0.25) is 9.52 Å². The number of ketones is 1. The van der Waals surface area contributed by atoms with Gasteiger partial charge in [0.2, 0.25) is 5.78 Å². The van der Waals surface area contributed by atoms with Gasteiger partial charge in [0.25, 0.3) is 10.0 Å². The number of pyridine rings is 1. The number of benzene rings is 3. The fourth-order valence-corrected chi connectivity index (χ4v) is 6.26. The molecular weight excluding hydrogens is 598 g/mol. The third kappa shape index (κ3) is 5.25. The second-order valence-electron chi connectivity index (χ2n) is 9.04. The summed E-state index contributed by atoms with van der Waals surface area (Å²) in [7, 11) is -8.30. The monoisotopic (exact) mass is 617 g/mol. The smallest absolute Gasteiger partial charge is 0.265 e. The number of carbonyl (C=O) groups is 1. The number of nitrogens with zero attached hydrogens (tertiary/aromatic N) is 1. The molecule has 3 aromatic carbocycles. The minimum Gasteiger partial charge on any atom is -0.345 e. The zero-order valence-electron chi connectivity index (χ0n) is 21.5. The van der Waals surface area contributed by atoms with Crippen LogP contribution in [-0.4, -0.2) is 38.3 Å². The largest absolute Gasteiger partial charge is 0.345 e. The van der Waals surface area contributed by atoms with E-state index in [-0.39, 0.29) is 27.2 Å². The second kappa shape index (κ2) is 10.7. The van der Waals surface area contributed by atoms with Crippen molar-refractivity contribution in [3.8, 4) is 11.1 Å². The van der Waals surface area contributed by atoms with Crippen LogP contribution in [0, 0.1) is 23.3 Å². The molecule has 0 fully saturated rings. The van der Waals surface area contributed by atoms with Crippen molar-refractivity contribution >= 4 is 42.4 Å². The first-order valence-electron chi connectivity index (χ1n) is 12.1. The van der Waals surface area contributed by atoms with E-state index in [9.17, 15) is 34.8 Å². The first kappa shape index (κ1) is 29.0. The molecule has 0 atom stereocenters. The SMILES string of the molecule is CCS(=O)(=O)c1ccc(-c2cnc3[nH]cc(C(=O)c4c(F)ccc(NS(=O)(=O)c5cc(F)ccc5F)c4F)c3c2)cc1. The minimum atomic E-state index is -4.88. The van der Waals surface area contributed by atoms with Crippen molar-refractivity contribution < 1.29 is 39.2 Å². The lowest BCUT2D eigenvalue weighted by Crippen LogP contribution is -2.17. The molecule has 0 aliphatic rings. The summed E-state index contributed by atoms with van der Waals surface area (Å²) in [6.45, 7) is 1.52. The van der Waals surface area contributed by atoms with Crippen LogP contribution in [-0.2, 0) is 19.9 Å².